The number of aromatic nitrogens is 2. The highest BCUT2D eigenvalue weighted by Crippen LogP contribution is 2.22. The molecule has 0 aliphatic carbocycles. The molecule has 0 N–H and O–H groups in total. The first kappa shape index (κ1) is 14.2. The molecule has 1 atom stereocenters. The zero-order valence-corrected chi connectivity index (χ0v) is 11.9. The van der Waals surface area contributed by atoms with Gasteiger partial charge in [0, 0.05) is 11.9 Å². The number of rotatable bonds is 4. The molecule has 5 heteroatoms. The quantitative estimate of drug-likeness (QED) is 0.801. The molecule has 0 radical (unpaired) electrons. The number of carbonyl (C=O) groups is 1. The lowest BCUT2D eigenvalue weighted by atomic mass is 10.0. The van der Waals surface area contributed by atoms with Crippen molar-refractivity contribution < 1.29 is 9.53 Å². The predicted molar refractivity (Wildman–Crippen MR) is 76.7 cm³/mol. The van der Waals surface area contributed by atoms with Crippen molar-refractivity contribution in [3.8, 4) is 0 Å². The highest BCUT2D eigenvalue weighted by Gasteiger charge is 2.22. The van der Waals surface area contributed by atoms with Crippen LogP contribution in [0.3, 0.4) is 0 Å². The summed E-state index contributed by atoms with van der Waals surface area (Å²) in [5.41, 5.74) is 0.448. The first-order chi connectivity index (χ1) is 9.60. The van der Waals surface area contributed by atoms with E-state index in [2.05, 4.69) is 5.10 Å². The molecular formula is C15H18N2O3. The van der Waals surface area contributed by atoms with Crippen molar-refractivity contribution in [2.45, 2.75) is 33.2 Å². The first-order valence-corrected chi connectivity index (χ1v) is 6.76. The van der Waals surface area contributed by atoms with Gasteiger partial charge in [-0.1, -0.05) is 18.2 Å². The van der Waals surface area contributed by atoms with Gasteiger partial charge in [0.05, 0.1) is 23.6 Å². The molecule has 0 aliphatic heterocycles. The highest BCUT2D eigenvalue weighted by atomic mass is 16.5. The van der Waals surface area contributed by atoms with Gasteiger partial charge in [0.25, 0.3) is 5.56 Å². The van der Waals surface area contributed by atoms with Gasteiger partial charge in [0.15, 0.2) is 0 Å². The van der Waals surface area contributed by atoms with Gasteiger partial charge in [0.1, 0.15) is 0 Å². The van der Waals surface area contributed by atoms with Gasteiger partial charge in [-0.15, -0.1) is 0 Å². The molecule has 0 amide bonds. The SMILES string of the molecule is CCOC(=O)[C@H](C)c1nn(CC)c(=O)c2ccccc12. The van der Waals surface area contributed by atoms with Crippen LogP contribution in [0.1, 0.15) is 32.4 Å². The fourth-order valence-corrected chi connectivity index (χ4v) is 2.17. The van der Waals surface area contributed by atoms with Crippen molar-refractivity contribution in [1.82, 2.24) is 9.78 Å². The predicted octanol–water partition coefficient (Wildman–Crippen LogP) is 2.08. The van der Waals surface area contributed by atoms with E-state index in [0.717, 1.165) is 0 Å². The zero-order chi connectivity index (χ0) is 14.7. The molecule has 1 aromatic heterocycles. The summed E-state index contributed by atoms with van der Waals surface area (Å²) in [6.45, 7) is 6.16. The maximum atomic E-state index is 12.2. The molecule has 106 valence electrons. The number of benzene rings is 1. The van der Waals surface area contributed by atoms with Crippen LogP contribution < -0.4 is 5.56 Å². The molecular weight excluding hydrogens is 256 g/mol. The fourth-order valence-electron chi connectivity index (χ4n) is 2.17. The molecule has 0 spiro atoms. The number of nitrogens with zero attached hydrogens (tertiary/aromatic N) is 2. The number of fused-ring (bicyclic) bond motifs is 1. The van der Waals surface area contributed by atoms with E-state index in [0.29, 0.717) is 29.6 Å². The van der Waals surface area contributed by atoms with Gasteiger partial charge < -0.3 is 4.74 Å². The van der Waals surface area contributed by atoms with Gasteiger partial charge in [-0.25, -0.2) is 4.68 Å². The van der Waals surface area contributed by atoms with Gasteiger partial charge in [-0.2, -0.15) is 5.10 Å². The summed E-state index contributed by atoms with van der Waals surface area (Å²) < 4.78 is 6.43. The van der Waals surface area contributed by atoms with Crippen molar-refractivity contribution in [2.24, 2.45) is 0 Å². The molecule has 0 saturated heterocycles. The summed E-state index contributed by atoms with van der Waals surface area (Å²) in [4.78, 5) is 24.1. The van der Waals surface area contributed by atoms with E-state index in [9.17, 15) is 9.59 Å². The molecule has 5 nitrogen and oxygen atoms in total. The number of ether oxygens (including phenoxy) is 1. The molecule has 2 rings (SSSR count). The Labute approximate surface area is 117 Å². The second-order valence-corrected chi connectivity index (χ2v) is 4.53. The van der Waals surface area contributed by atoms with Gasteiger partial charge >= 0.3 is 5.97 Å². The lowest BCUT2D eigenvalue weighted by Crippen LogP contribution is -2.26. The Morgan fingerprint density at radius 2 is 1.95 bits per heavy atom. The minimum atomic E-state index is -0.502. The van der Waals surface area contributed by atoms with Crippen LogP contribution in [0.4, 0.5) is 0 Å². The molecule has 1 heterocycles. The maximum absolute atomic E-state index is 12.2. The Balaban J connectivity index is 2.66. The molecule has 0 bridgehead atoms. The van der Waals surface area contributed by atoms with E-state index in [-0.39, 0.29) is 11.5 Å². The van der Waals surface area contributed by atoms with Gasteiger partial charge in [-0.05, 0) is 26.8 Å². The molecule has 0 aliphatic rings. The van der Waals surface area contributed by atoms with Crippen LogP contribution in [0.25, 0.3) is 10.8 Å². The number of carbonyl (C=O) groups excluding carboxylic acids is 1. The first-order valence-electron chi connectivity index (χ1n) is 6.76. The highest BCUT2D eigenvalue weighted by molar-refractivity contribution is 5.89. The number of hydrogen-bond donors (Lipinski definition) is 0. The molecule has 20 heavy (non-hydrogen) atoms. The third kappa shape index (κ3) is 2.43. The standard InChI is InChI=1S/C15H18N2O3/c1-4-17-14(18)12-9-7-6-8-11(12)13(16-17)10(3)15(19)20-5-2/h6-10H,4-5H2,1-3H3/t10-/m1/s1. The summed E-state index contributed by atoms with van der Waals surface area (Å²) >= 11 is 0. The largest absolute Gasteiger partial charge is 0.465 e. The summed E-state index contributed by atoms with van der Waals surface area (Å²) in [5, 5.41) is 5.62. The average molecular weight is 274 g/mol. The van der Waals surface area contributed by atoms with E-state index < -0.39 is 5.92 Å². The number of hydrogen-bond acceptors (Lipinski definition) is 4. The van der Waals surface area contributed by atoms with Crippen LogP contribution in [0.15, 0.2) is 29.1 Å². The van der Waals surface area contributed by atoms with Gasteiger partial charge in [0.2, 0.25) is 0 Å². The molecule has 0 saturated carbocycles. The van der Waals surface area contributed by atoms with E-state index in [4.69, 9.17) is 4.74 Å². The Bertz CT molecular complexity index is 691. The molecule has 0 unspecified atom stereocenters. The minimum absolute atomic E-state index is 0.136. The molecule has 2 aromatic rings. The monoisotopic (exact) mass is 274 g/mol. The molecule has 0 fully saturated rings. The number of esters is 1. The normalized spacial score (nSPS) is 12.3. The van der Waals surface area contributed by atoms with Gasteiger partial charge in [-0.3, -0.25) is 9.59 Å². The van der Waals surface area contributed by atoms with Crippen LogP contribution in [0, 0.1) is 0 Å². The third-order valence-electron chi connectivity index (χ3n) is 3.25. The zero-order valence-electron chi connectivity index (χ0n) is 11.9. The van der Waals surface area contributed by atoms with Crippen molar-refractivity contribution in [3.05, 3.63) is 40.3 Å². The lowest BCUT2D eigenvalue weighted by Gasteiger charge is -2.14. The Hall–Kier alpha value is -2.17. The molecule has 1 aromatic carbocycles. The smallest absolute Gasteiger partial charge is 0.314 e. The van der Waals surface area contributed by atoms with Crippen LogP contribution >= 0.6 is 0 Å². The third-order valence-corrected chi connectivity index (χ3v) is 3.25. The number of aryl methyl sites for hydroxylation is 1. The summed E-state index contributed by atoms with van der Waals surface area (Å²) in [6, 6.07) is 7.21. The van der Waals surface area contributed by atoms with E-state index in [1.165, 1.54) is 4.68 Å². The summed E-state index contributed by atoms with van der Waals surface area (Å²) in [7, 11) is 0. The van der Waals surface area contributed by atoms with Crippen molar-refractivity contribution in [2.75, 3.05) is 6.61 Å². The topological polar surface area (TPSA) is 61.2 Å². The van der Waals surface area contributed by atoms with Crippen LogP contribution in [0.2, 0.25) is 0 Å². The second-order valence-electron chi connectivity index (χ2n) is 4.53. The minimum Gasteiger partial charge on any atom is -0.465 e. The Kier molecular flexibility index (Phi) is 4.17. The van der Waals surface area contributed by atoms with Crippen LogP contribution in [0.5, 0.6) is 0 Å². The Morgan fingerprint density at radius 1 is 1.30 bits per heavy atom. The fraction of sp³-hybridized carbons (Fsp3) is 0.400. The average Bonchev–Trinajstić information content (AvgIpc) is 2.47. The summed E-state index contributed by atoms with van der Waals surface area (Å²) in [6.07, 6.45) is 0. The van der Waals surface area contributed by atoms with Crippen molar-refractivity contribution in [3.63, 3.8) is 0 Å². The van der Waals surface area contributed by atoms with Crippen LogP contribution in [-0.4, -0.2) is 22.4 Å². The Morgan fingerprint density at radius 3 is 2.55 bits per heavy atom. The van der Waals surface area contributed by atoms with E-state index in [1.807, 2.05) is 25.1 Å². The van der Waals surface area contributed by atoms with E-state index in [1.54, 1.807) is 19.9 Å². The van der Waals surface area contributed by atoms with Crippen molar-refractivity contribution in [1.29, 1.82) is 0 Å². The van der Waals surface area contributed by atoms with E-state index >= 15 is 0 Å². The maximum Gasteiger partial charge on any atom is 0.314 e. The second kappa shape index (κ2) is 5.86. The summed E-state index contributed by atoms with van der Waals surface area (Å²) in [5.74, 6) is -0.829. The van der Waals surface area contributed by atoms with Crippen LogP contribution in [-0.2, 0) is 16.1 Å². The lowest BCUT2D eigenvalue weighted by molar-refractivity contribution is -0.144. The van der Waals surface area contributed by atoms with Crippen molar-refractivity contribution >= 4 is 16.7 Å².